The van der Waals surface area contributed by atoms with E-state index in [0.29, 0.717) is 12.4 Å². The van der Waals surface area contributed by atoms with Gasteiger partial charge in [-0.2, -0.15) is 0 Å². The second-order valence-corrected chi connectivity index (χ2v) is 9.28. The molecule has 0 spiro atoms. The normalized spacial score (nSPS) is 19.6. The summed E-state index contributed by atoms with van der Waals surface area (Å²) in [5.74, 6) is 1.28. The van der Waals surface area contributed by atoms with Gasteiger partial charge in [-0.1, -0.05) is 65.8 Å². The van der Waals surface area contributed by atoms with Crippen LogP contribution in [0.25, 0.3) is 0 Å². The lowest BCUT2D eigenvalue weighted by Gasteiger charge is -2.41. The molecule has 3 heteroatoms. The molecule has 0 aromatic heterocycles. The molecule has 1 aliphatic heterocycles. The fourth-order valence-electron chi connectivity index (χ4n) is 4.25. The maximum atomic E-state index is 13.4. The van der Waals surface area contributed by atoms with E-state index in [2.05, 4.69) is 47.6 Å². The van der Waals surface area contributed by atoms with Gasteiger partial charge in [0, 0.05) is 5.56 Å². The molecule has 144 valence electrons. The third-order valence-corrected chi connectivity index (χ3v) is 5.44. The van der Waals surface area contributed by atoms with Gasteiger partial charge in [0.05, 0.1) is 6.61 Å². The molecule has 1 unspecified atom stereocenters. The summed E-state index contributed by atoms with van der Waals surface area (Å²) in [6.45, 7) is 15.4. The van der Waals surface area contributed by atoms with E-state index in [1.54, 1.807) is 0 Å². The molecule has 1 heterocycles. The van der Waals surface area contributed by atoms with Crippen LogP contribution in [0.4, 0.5) is 0 Å². The number of fused-ring (bicyclic) bond motifs is 1. The van der Waals surface area contributed by atoms with Gasteiger partial charge in [0.15, 0.2) is 0 Å². The highest BCUT2D eigenvalue weighted by molar-refractivity contribution is 5.96. The van der Waals surface area contributed by atoms with E-state index >= 15 is 0 Å². The summed E-state index contributed by atoms with van der Waals surface area (Å²) in [6, 6.07) is 13.9. The van der Waals surface area contributed by atoms with Crippen molar-refractivity contribution in [3.05, 3.63) is 59.2 Å². The molecule has 1 aliphatic rings. The van der Waals surface area contributed by atoms with Crippen molar-refractivity contribution in [2.75, 3.05) is 6.61 Å². The van der Waals surface area contributed by atoms with Crippen LogP contribution in [0.5, 0.6) is 11.5 Å². The van der Waals surface area contributed by atoms with Gasteiger partial charge < -0.3 is 9.47 Å². The molecular weight excluding hydrogens is 336 g/mol. The third-order valence-electron chi connectivity index (χ3n) is 5.44. The summed E-state index contributed by atoms with van der Waals surface area (Å²) in [4.78, 5) is 13.4. The van der Waals surface area contributed by atoms with Crippen LogP contribution in [0.2, 0.25) is 0 Å². The first-order valence-electron chi connectivity index (χ1n) is 9.63. The van der Waals surface area contributed by atoms with Crippen molar-refractivity contribution >= 4 is 5.97 Å². The topological polar surface area (TPSA) is 35.5 Å². The molecule has 0 radical (unpaired) electrons. The predicted molar refractivity (Wildman–Crippen MR) is 109 cm³/mol. The zero-order chi connectivity index (χ0) is 20.0. The van der Waals surface area contributed by atoms with Gasteiger partial charge in [0.2, 0.25) is 0 Å². The SMILES string of the molecule is CCOc1ccc(C2(C(C)(C)C)C(=O)Oc3cccc(C(C)(C)C)c32)cc1. The molecule has 0 aliphatic carbocycles. The Morgan fingerprint density at radius 1 is 0.963 bits per heavy atom. The fourth-order valence-corrected chi connectivity index (χ4v) is 4.25. The summed E-state index contributed by atoms with van der Waals surface area (Å²) in [5.41, 5.74) is 1.75. The summed E-state index contributed by atoms with van der Waals surface area (Å²) in [7, 11) is 0. The monoisotopic (exact) mass is 366 g/mol. The van der Waals surface area contributed by atoms with Gasteiger partial charge in [-0.25, -0.2) is 0 Å². The second kappa shape index (κ2) is 6.40. The standard InChI is InChI=1S/C24H30O3/c1-8-26-17-14-12-16(13-15-17)24(23(5,6)7)20-18(22(2,3)4)10-9-11-19(20)27-21(24)25/h9-15H,8H2,1-7H3. The lowest BCUT2D eigenvalue weighted by Crippen LogP contribution is -2.47. The summed E-state index contributed by atoms with van der Waals surface area (Å²) >= 11 is 0. The maximum Gasteiger partial charge on any atom is 0.327 e. The molecule has 0 N–H and O–H groups in total. The molecule has 27 heavy (non-hydrogen) atoms. The quantitative estimate of drug-likeness (QED) is 0.521. The van der Waals surface area contributed by atoms with Crippen molar-refractivity contribution in [2.24, 2.45) is 5.41 Å². The third kappa shape index (κ3) is 2.93. The average molecular weight is 367 g/mol. The first-order chi connectivity index (χ1) is 12.5. The Morgan fingerprint density at radius 2 is 1.59 bits per heavy atom. The average Bonchev–Trinajstić information content (AvgIpc) is 2.87. The Kier molecular flexibility index (Phi) is 4.62. The van der Waals surface area contributed by atoms with Crippen molar-refractivity contribution in [2.45, 2.75) is 59.3 Å². The lowest BCUT2D eigenvalue weighted by molar-refractivity contribution is -0.140. The lowest BCUT2D eigenvalue weighted by atomic mass is 9.57. The molecule has 2 aromatic rings. The largest absolute Gasteiger partial charge is 0.494 e. The number of hydrogen-bond donors (Lipinski definition) is 0. The zero-order valence-corrected chi connectivity index (χ0v) is 17.5. The Balaban J connectivity index is 2.34. The Hall–Kier alpha value is -2.29. The minimum Gasteiger partial charge on any atom is -0.494 e. The minimum absolute atomic E-state index is 0.110. The van der Waals surface area contributed by atoms with Crippen LogP contribution in [0.15, 0.2) is 42.5 Å². The first-order valence-corrected chi connectivity index (χ1v) is 9.63. The van der Waals surface area contributed by atoms with Crippen LogP contribution < -0.4 is 9.47 Å². The molecule has 3 rings (SSSR count). The molecular formula is C24H30O3. The fraction of sp³-hybridized carbons (Fsp3) is 0.458. The number of rotatable bonds is 3. The highest BCUT2D eigenvalue weighted by Crippen LogP contribution is 2.57. The number of carbonyl (C=O) groups is 1. The predicted octanol–water partition coefficient (Wildman–Crippen LogP) is 5.63. The molecule has 0 saturated heterocycles. The van der Waals surface area contributed by atoms with Crippen molar-refractivity contribution in [1.29, 1.82) is 0 Å². The van der Waals surface area contributed by atoms with Crippen LogP contribution in [0.1, 0.15) is 65.2 Å². The van der Waals surface area contributed by atoms with E-state index in [0.717, 1.165) is 22.4 Å². The van der Waals surface area contributed by atoms with Crippen molar-refractivity contribution in [3.8, 4) is 11.5 Å². The zero-order valence-electron chi connectivity index (χ0n) is 17.5. The number of hydrogen-bond acceptors (Lipinski definition) is 3. The van der Waals surface area contributed by atoms with Crippen LogP contribution in [-0.4, -0.2) is 12.6 Å². The molecule has 0 saturated carbocycles. The van der Waals surface area contributed by atoms with Gasteiger partial charge >= 0.3 is 5.97 Å². The van der Waals surface area contributed by atoms with E-state index < -0.39 is 5.41 Å². The number of benzene rings is 2. The number of ether oxygens (including phenoxy) is 2. The first kappa shape index (κ1) is 19.5. The van der Waals surface area contributed by atoms with E-state index in [1.165, 1.54) is 0 Å². The number of esters is 1. The van der Waals surface area contributed by atoms with Gasteiger partial charge in [-0.15, -0.1) is 0 Å². The Labute approximate surface area is 162 Å². The van der Waals surface area contributed by atoms with Gasteiger partial charge in [-0.05, 0) is 47.1 Å². The summed E-state index contributed by atoms with van der Waals surface area (Å²) in [6.07, 6.45) is 0. The smallest absolute Gasteiger partial charge is 0.327 e. The highest BCUT2D eigenvalue weighted by atomic mass is 16.5. The van der Waals surface area contributed by atoms with Crippen molar-refractivity contribution in [1.82, 2.24) is 0 Å². The molecule has 0 fully saturated rings. The molecule has 0 amide bonds. The van der Waals surface area contributed by atoms with Crippen molar-refractivity contribution < 1.29 is 14.3 Å². The Bertz CT molecular complexity index is 851. The van der Waals surface area contributed by atoms with Crippen LogP contribution in [0.3, 0.4) is 0 Å². The van der Waals surface area contributed by atoms with E-state index in [-0.39, 0.29) is 16.8 Å². The molecule has 3 nitrogen and oxygen atoms in total. The molecule has 0 bridgehead atoms. The molecule has 1 atom stereocenters. The van der Waals surface area contributed by atoms with Crippen molar-refractivity contribution in [3.63, 3.8) is 0 Å². The van der Waals surface area contributed by atoms with Crippen LogP contribution in [-0.2, 0) is 15.6 Å². The Morgan fingerprint density at radius 3 is 2.11 bits per heavy atom. The van der Waals surface area contributed by atoms with Crippen LogP contribution in [0, 0.1) is 5.41 Å². The second-order valence-electron chi connectivity index (χ2n) is 9.28. The minimum atomic E-state index is -0.864. The van der Waals surface area contributed by atoms with Gasteiger partial charge in [-0.3, -0.25) is 4.79 Å². The summed E-state index contributed by atoms with van der Waals surface area (Å²) in [5, 5.41) is 0. The van der Waals surface area contributed by atoms with Gasteiger partial charge in [0.25, 0.3) is 0 Å². The van der Waals surface area contributed by atoms with E-state index in [4.69, 9.17) is 9.47 Å². The van der Waals surface area contributed by atoms with E-state index in [1.807, 2.05) is 43.3 Å². The molecule has 2 aromatic carbocycles. The van der Waals surface area contributed by atoms with E-state index in [9.17, 15) is 4.79 Å². The number of carbonyl (C=O) groups excluding carboxylic acids is 1. The van der Waals surface area contributed by atoms with Gasteiger partial charge in [0.1, 0.15) is 16.9 Å². The summed E-state index contributed by atoms with van der Waals surface area (Å²) < 4.78 is 11.4. The van der Waals surface area contributed by atoms with Crippen LogP contribution >= 0.6 is 0 Å². The highest BCUT2D eigenvalue weighted by Gasteiger charge is 2.59. The maximum absolute atomic E-state index is 13.4.